The molecule has 0 unspecified atom stereocenters. The lowest BCUT2D eigenvalue weighted by atomic mass is 10.2. The molecule has 0 aliphatic carbocycles. The van der Waals surface area contributed by atoms with Gasteiger partial charge < -0.3 is 16.0 Å². The third kappa shape index (κ3) is 2.30. The van der Waals surface area contributed by atoms with Crippen LogP contribution in [0.5, 0.6) is 0 Å². The van der Waals surface area contributed by atoms with Gasteiger partial charge in [-0.2, -0.15) is 0 Å². The summed E-state index contributed by atoms with van der Waals surface area (Å²) in [7, 11) is 0. The molecule has 0 saturated heterocycles. The van der Waals surface area contributed by atoms with E-state index in [1.54, 1.807) is 12.1 Å². The molecule has 0 fully saturated rings. The zero-order valence-electron chi connectivity index (χ0n) is 9.71. The number of amides is 1. The number of H-pyrrole nitrogens is 1. The number of aromatic amines is 1. The van der Waals surface area contributed by atoms with E-state index >= 15 is 0 Å². The van der Waals surface area contributed by atoms with E-state index in [2.05, 4.69) is 16.9 Å². The van der Waals surface area contributed by atoms with Crippen LogP contribution in [0.15, 0.2) is 36.4 Å². The summed E-state index contributed by atoms with van der Waals surface area (Å²) in [5.41, 5.74) is 8.68. The molecule has 2 rings (SSSR count). The van der Waals surface area contributed by atoms with Gasteiger partial charge in [0.25, 0.3) is 5.91 Å². The maximum Gasteiger partial charge on any atom is 0.267 e. The van der Waals surface area contributed by atoms with Crippen molar-refractivity contribution in [1.82, 2.24) is 10.3 Å². The zero-order valence-corrected chi connectivity index (χ0v) is 9.71. The van der Waals surface area contributed by atoms with Crippen LogP contribution in [0, 0.1) is 0 Å². The molecule has 0 aliphatic rings. The van der Waals surface area contributed by atoms with Crippen molar-refractivity contribution in [3.05, 3.63) is 42.1 Å². The molecule has 4 N–H and O–H groups in total. The quantitative estimate of drug-likeness (QED) is 0.557. The van der Waals surface area contributed by atoms with E-state index in [0.717, 1.165) is 16.5 Å². The minimum Gasteiger partial charge on any atom is -0.397 e. The lowest BCUT2D eigenvalue weighted by Gasteiger charge is -2.01. The summed E-state index contributed by atoms with van der Waals surface area (Å²) in [6.07, 6.45) is 0. The maximum atomic E-state index is 11.8. The highest BCUT2D eigenvalue weighted by Crippen LogP contribution is 2.20. The van der Waals surface area contributed by atoms with Crippen LogP contribution in [0.1, 0.15) is 17.4 Å². The number of nitrogens with one attached hydrogen (secondary N) is 2. The molecule has 88 valence electrons. The van der Waals surface area contributed by atoms with E-state index in [0.29, 0.717) is 17.9 Å². The molecule has 0 aliphatic heterocycles. The van der Waals surface area contributed by atoms with Crippen LogP contribution in [-0.2, 0) is 0 Å². The highest BCUT2D eigenvalue weighted by Gasteiger charge is 2.09. The largest absolute Gasteiger partial charge is 0.397 e. The highest BCUT2D eigenvalue weighted by atomic mass is 16.1. The van der Waals surface area contributed by atoms with E-state index in [1.807, 2.05) is 19.1 Å². The second-order valence-electron chi connectivity index (χ2n) is 4.13. The second-order valence-corrected chi connectivity index (χ2v) is 4.13. The van der Waals surface area contributed by atoms with Gasteiger partial charge in [-0.25, -0.2) is 0 Å². The van der Waals surface area contributed by atoms with Crippen molar-refractivity contribution in [2.75, 3.05) is 12.3 Å². The van der Waals surface area contributed by atoms with Crippen molar-refractivity contribution in [2.45, 2.75) is 6.92 Å². The van der Waals surface area contributed by atoms with Crippen molar-refractivity contribution in [2.24, 2.45) is 0 Å². The molecule has 0 bridgehead atoms. The van der Waals surface area contributed by atoms with Crippen LogP contribution >= 0.6 is 0 Å². The predicted molar refractivity (Wildman–Crippen MR) is 69.9 cm³/mol. The van der Waals surface area contributed by atoms with E-state index in [4.69, 9.17) is 5.73 Å². The first-order valence-corrected chi connectivity index (χ1v) is 5.37. The Balaban J connectivity index is 2.27. The second kappa shape index (κ2) is 4.33. The first-order chi connectivity index (χ1) is 8.08. The number of hydrogen-bond donors (Lipinski definition) is 3. The fraction of sp³-hybridized carbons (Fsp3) is 0.154. The molecule has 1 heterocycles. The molecule has 4 heteroatoms. The van der Waals surface area contributed by atoms with Crippen LogP contribution in [0.2, 0.25) is 0 Å². The van der Waals surface area contributed by atoms with Gasteiger partial charge in [-0.3, -0.25) is 4.79 Å². The summed E-state index contributed by atoms with van der Waals surface area (Å²) >= 11 is 0. The van der Waals surface area contributed by atoms with Crippen molar-refractivity contribution in [3.8, 4) is 0 Å². The van der Waals surface area contributed by atoms with Gasteiger partial charge in [0.2, 0.25) is 0 Å². The van der Waals surface area contributed by atoms with Crippen LogP contribution in [-0.4, -0.2) is 17.4 Å². The van der Waals surface area contributed by atoms with Crippen LogP contribution in [0.25, 0.3) is 10.9 Å². The van der Waals surface area contributed by atoms with Crippen LogP contribution in [0.3, 0.4) is 0 Å². The molecular formula is C13H15N3O. The molecule has 1 aromatic heterocycles. The monoisotopic (exact) mass is 229 g/mol. The standard InChI is InChI=1S/C13H15N3O/c1-8(2)7-15-13(17)11-6-9-4-3-5-10(14)12(9)16-11/h3-6,16H,1,7,14H2,2H3,(H,15,17). The van der Waals surface area contributed by atoms with E-state index in [-0.39, 0.29) is 5.91 Å². The summed E-state index contributed by atoms with van der Waals surface area (Å²) < 4.78 is 0. The number of rotatable bonds is 3. The average molecular weight is 229 g/mol. The number of hydrogen-bond acceptors (Lipinski definition) is 2. The third-order valence-corrected chi connectivity index (χ3v) is 2.48. The number of nitrogens with two attached hydrogens (primary N) is 1. The maximum absolute atomic E-state index is 11.8. The molecule has 0 radical (unpaired) electrons. The van der Waals surface area contributed by atoms with Crippen molar-refractivity contribution < 1.29 is 4.79 Å². The molecule has 4 nitrogen and oxygen atoms in total. The Bertz CT molecular complexity index is 583. The summed E-state index contributed by atoms with van der Waals surface area (Å²) in [6.45, 7) is 6.07. The van der Waals surface area contributed by atoms with E-state index in [1.165, 1.54) is 0 Å². The summed E-state index contributed by atoms with van der Waals surface area (Å²) in [5.74, 6) is -0.149. The van der Waals surface area contributed by atoms with Crippen LogP contribution in [0.4, 0.5) is 5.69 Å². The SMILES string of the molecule is C=C(C)CNC(=O)c1cc2cccc(N)c2[nH]1. The Morgan fingerprint density at radius 1 is 1.53 bits per heavy atom. The first-order valence-electron chi connectivity index (χ1n) is 5.37. The fourth-order valence-electron chi connectivity index (χ4n) is 1.63. The van der Waals surface area contributed by atoms with Crippen LogP contribution < -0.4 is 11.1 Å². The lowest BCUT2D eigenvalue weighted by Crippen LogP contribution is -2.25. The Morgan fingerprint density at radius 2 is 2.29 bits per heavy atom. The molecule has 1 aromatic carbocycles. The molecule has 0 spiro atoms. The molecule has 2 aromatic rings. The fourth-order valence-corrected chi connectivity index (χ4v) is 1.63. The molecule has 17 heavy (non-hydrogen) atoms. The highest BCUT2D eigenvalue weighted by molar-refractivity contribution is 6.00. The van der Waals surface area contributed by atoms with Crippen molar-refractivity contribution in [3.63, 3.8) is 0 Å². The van der Waals surface area contributed by atoms with Gasteiger partial charge in [0.05, 0.1) is 11.2 Å². The number of aromatic nitrogens is 1. The normalized spacial score (nSPS) is 10.4. The number of benzene rings is 1. The number of anilines is 1. The van der Waals surface area contributed by atoms with Gasteiger partial charge in [-0.1, -0.05) is 24.3 Å². The molecule has 0 saturated carbocycles. The smallest absolute Gasteiger partial charge is 0.267 e. The van der Waals surface area contributed by atoms with Gasteiger partial charge in [-0.15, -0.1) is 0 Å². The van der Waals surface area contributed by atoms with E-state index < -0.39 is 0 Å². The minimum atomic E-state index is -0.149. The topological polar surface area (TPSA) is 70.9 Å². The number of nitrogen functional groups attached to an aromatic ring is 1. The molecular weight excluding hydrogens is 214 g/mol. The van der Waals surface area contributed by atoms with Gasteiger partial charge >= 0.3 is 0 Å². The van der Waals surface area contributed by atoms with Gasteiger partial charge in [-0.05, 0) is 19.1 Å². The van der Waals surface area contributed by atoms with E-state index in [9.17, 15) is 4.79 Å². The van der Waals surface area contributed by atoms with Gasteiger partial charge in [0, 0.05) is 11.9 Å². The third-order valence-electron chi connectivity index (χ3n) is 2.48. The Labute approximate surface area is 99.5 Å². The Hall–Kier alpha value is -2.23. The Morgan fingerprint density at radius 3 is 2.94 bits per heavy atom. The number of para-hydroxylation sites is 1. The minimum absolute atomic E-state index is 0.149. The van der Waals surface area contributed by atoms with Crippen molar-refractivity contribution in [1.29, 1.82) is 0 Å². The zero-order chi connectivity index (χ0) is 12.4. The summed E-state index contributed by atoms with van der Waals surface area (Å²) in [6, 6.07) is 7.37. The summed E-state index contributed by atoms with van der Waals surface area (Å²) in [5, 5.41) is 3.70. The molecule has 0 atom stereocenters. The van der Waals surface area contributed by atoms with Gasteiger partial charge in [0.1, 0.15) is 5.69 Å². The number of carbonyl (C=O) groups is 1. The molecule has 1 amide bonds. The predicted octanol–water partition coefficient (Wildman–Crippen LogP) is 2.06. The number of fused-ring (bicyclic) bond motifs is 1. The Kier molecular flexibility index (Phi) is 2.87. The summed E-state index contributed by atoms with van der Waals surface area (Å²) in [4.78, 5) is 14.8. The average Bonchev–Trinajstić information content (AvgIpc) is 2.71. The first kappa shape index (κ1) is 11.3. The number of carbonyl (C=O) groups excluding carboxylic acids is 1. The lowest BCUT2D eigenvalue weighted by molar-refractivity contribution is 0.0953. The van der Waals surface area contributed by atoms with Crippen molar-refractivity contribution >= 4 is 22.5 Å². The van der Waals surface area contributed by atoms with Gasteiger partial charge in [0.15, 0.2) is 0 Å².